The fourth-order valence-electron chi connectivity index (χ4n) is 1.85. The first-order valence-corrected chi connectivity index (χ1v) is 8.58. The van der Waals surface area contributed by atoms with Crippen LogP contribution in [0.4, 0.5) is 0 Å². The Kier molecular flexibility index (Phi) is 4.92. The molecule has 0 unspecified atom stereocenters. The number of nitrogens with one attached hydrogen (secondary N) is 2. The van der Waals surface area contributed by atoms with Gasteiger partial charge in [0.2, 0.25) is 10.0 Å². The van der Waals surface area contributed by atoms with Crippen LogP contribution in [-0.4, -0.2) is 31.8 Å². The lowest BCUT2D eigenvalue weighted by molar-refractivity contribution is 0.580. The van der Waals surface area contributed by atoms with Gasteiger partial charge in [-0.05, 0) is 24.6 Å². The lowest BCUT2D eigenvalue weighted by Gasteiger charge is -2.07. The third kappa shape index (κ3) is 3.66. The van der Waals surface area contributed by atoms with Crippen LogP contribution in [0, 0.1) is 0 Å². The standard InChI is InChI=1S/C12H18N4O2S2/c1-13-9-11-12(5-8-19-11)20(17,18)14-6-3-10-4-7-16(2)15-10/h4-5,7-8,13-14H,3,6,9H2,1-2H3. The molecule has 2 heterocycles. The van der Waals surface area contributed by atoms with Crippen LogP contribution >= 0.6 is 11.3 Å². The summed E-state index contributed by atoms with van der Waals surface area (Å²) in [6.45, 7) is 0.891. The molecule has 0 bridgehead atoms. The summed E-state index contributed by atoms with van der Waals surface area (Å²) in [4.78, 5) is 1.18. The molecule has 2 aromatic rings. The fraction of sp³-hybridized carbons (Fsp3) is 0.417. The van der Waals surface area contributed by atoms with E-state index in [-0.39, 0.29) is 0 Å². The molecule has 0 spiro atoms. The molecule has 0 aliphatic heterocycles. The molecule has 6 nitrogen and oxygen atoms in total. The second-order valence-electron chi connectivity index (χ2n) is 4.37. The summed E-state index contributed by atoms with van der Waals surface area (Å²) in [5, 5.41) is 8.98. The lowest BCUT2D eigenvalue weighted by atomic mass is 10.3. The number of hydrogen-bond acceptors (Lipinski definition) is 5. The van der Waals surface area contributed by atoms with Gasteiger partial charge in [-0.15, -0.1) is 11.3 Å². The number of nitrogens with zero attached hydrogens (tertiary/aromatic N) is 2. The summed E-state index contributed by atoms with van der Waals surface area (Å²) in [5.74, 6) is 0. The van der Waals surface area contributed by atoms with E-state index in [4.69, 9.17) is 0 Å². The summed E-state index contributed by atoms with van der Waals surface area (Å²) in [5.41, 5.74) is 0.871. The highest BCUT2D eigenvalue weighted by molar-refractivity contribution is 7.89. The molecule has 2 rings (SSSR count). The van der Waals surface area contributed by atoms with Crippen molar-refractivity contribution in [3.05, 3.63) is 34.3 Å². The summed E-state index contributed by atoms with van der Waals surface area (Å²) in [7, 11) is 0.185. The van der Waals surface area contributed by atoms with Gasteiger partial charge < -0.3 is 5.32 Å². The molecule has 0 saturated heterocycles. The molecule has 0 fully saturated rings. The highest BCUT2D eigenvalue weighted by atomic mass is 32.2. The van der Waals surface area contributed by atoms with Crippen LogP contribution in [0.2, 0.25) is 0 Å². The van der Waals surface area contributed by atoms with Crippen molar-refractivity contribution in [1.82, 2.24) is 19.8 Å². The molecular weight excluding hydrogens is 296 g/mol. The van der Waals surface area contributed by atoms with Crippen molar-refractivity contribution in [3.8, 4) is 0 Å². The van der Waals surface area contributed by atoms with E-state index in [1.807, 2.05) is 19.3 Å². The molecule has 0 amide bonds. The maximum absolute atomic E-state index is 12.2. The van der Waals surface area contributed by atoms with Gasteiger partial charge >= 0.3 is 0 Å². The van der Waals surface area contributed by atoms with E-state index in [1.54, 1.807) is 23.2 Å². The van der Waals surface area contributed by atoms with E-state index >= 15 is 0 Å². The molecule has 0 atom stereocenters. The number of sulfonamides is 1. The predicted octanol–water partition coefficient (Wildman–Crippen LogP) is 0.722. The van der Waals surface area contributed by atoms with Gasteiger partial charge in [0.25, 0.3) is 0 Å². The molecule has 110 valence electrons. The molecule has 20 heavy (non-hydrogen) atoms. The van der Waals surface area contributed by atoms with Crippen LogP contribution in [0.15, 0.2) is 28.6 Å². The van der Waals surface area contributed by atoms with Gasteiger partial charge in [0.1, 0.15) is 0 Å². The van der Waals surface area contributed by atoms with Crippen molar-refractivity contribution in [3.63, 3.8) is 0 Å². The van der Waals surface area contributed by atoms with Crippen molar-refractivity contribution in [2.45, 2.75) is 17.9 Å². The van der Waals surface area contributed by atoms with E-state index < -0.39 is 10.0 Å². The molecule has 8 heteroatoms. The molecular formula is C12H18N4O2S2. The zero-order valence-electron chi connectivity index (χ0n) is 11.5. The Morgan fingerprint density at radius 1 is 1.40 bits per heavy atom. The third-order valence-electron chi connectivity index (χ3n) is 2.77. The van der Waals surface area contributed by atoms with Gasteiger partial charge in [-0.1, -0.05) is 0 Å². The Hall–Kier alpha value is -1.22. The number of rotatable bonds is 7. The Labute approximate surface area is 122 Å². The van der Waals surface area contributed by atoms with Crippen LogP contribution in [0.1, 0.15) is 10.6 Å². The third-order valence-corrected chi connectivity index (χ3v) is 5.37. The quantitative estimate of drug-likeness (QED) is 0.790. The summed E-state index contributed by atoms with van der Waals surface area (Å²) in [6, 6.07) is 3.52. The van der Waals surface area contributed by atoms with E-state index in [0.29, 0.717) is 24.4 Å². The minimum Gasteiger partial charge on any atom is -0.315 e. The first-order valence-electron chi connectivity index (χ1n) is 6.22. The van der Waals surface area contributed by atoms with Gasteiger partial charge in [0, 0.05) is 37.6 Å². The lowest BCUT2D eigenvalue weighted by Crippen LogP contribution is -2.27. The average molecular weight is 314 g/mol. The number of aromatic nitrogens is 2. The number of aryl methyl sites for hydroxylation is 1. The highest BCUT2D eigenvalue weighted by Gasteiger charge is 2.18. The van der Waals surface area contributed by atoms with Crippen LogP contribution in [0.3, 0.4) is 0 Å². The Balaban J connectivity index is 1.98. The first kappa shape index (κ1) is 15.2. The van der Waals surface area contributed by atoms with E-state index in [1.165, 1.54) is 11.3 Å². The molecule has 0 aliphatic rings. The zero-order valence-corrected chi connectivity index (χ0v) is 13.1. The molecule has 0 aromatic carbocycles. The van der Waals surface area contributed by atoms with Crippen LogP contribution in [0.25, 0.3) is 0 Å². The molecule has 2 N–H and O–H groups in total. The second kappa shape index (κ2) is 6.49. The smallest absolute Gasteiger partial charge is 0.241 e. The molecule has 0 saturated carbocycles. The summed E-state index contributed by atoms with van der Waals surface area (Å²) >= 11 is 1.44. The van der Waals surface area contributed by atoms with E-state index in [2.05, 4.69) is 15.1 Å². The van der Waals surface area contributed by atoms with Gasteiger partial charge in [-0.25, -0.2) is 13.1 Å². The monoisotopic (exact) mass is 314 g/mol. The Morgan fingerprint density at radius 2 is 2.20 bits per heavy atom. The number of hydrogen-bond donors (Lipinski definition) is 2. The van der Waals surface area contributed by atoms with Crippen LogP contribution < -0.4 is 10.0 Å². The molecule has 2 aromatic heterocycles. The van der Waals surface area contributed by atoms with Gasteiger partial charge in [0.15, 0.2) is 0 Å². The van der Waals surface area contributed by atoms with Crippen molar-refractivity contribution in [1.29, 1.82) is 0 Å². The zero-order chi connectivity index (χ0) is 14.6. The SMILES string of the molecule is CNCc1sccc1S(=O)(=O)NCCc1ccn(C)n1. The first-order chi connectivity index (χ1) is 9.53. The summed E-state index contributed by atoms with van der Waals surface area (Å²) in [6.07, 6.45) is 2.42. The van der Waals surface area contributed by atoms with Crippen molar-refractivity contribution >= 4 is 21.4 Å². The van der Waals surface area contributed by atoms with E-state index in [0.717, 1.165) is 10.6 Å². The predicted molar refractivity (Wildman–Crippen MR) is 79.2 cm³/mol. The maximum atomic E-state index is 12.2. The minimum absolute atomic E-state index is 0.341. The average Bonchev–Trinajstić information content (AvgIpc) is 2.99. The number of thiophene rings is 1. The van der Waals surface area contributed by atoms with Crippen LogP contribution in [0.5, 0.6) is 0 Å². The largest absolute Gasteiger partial charge is 0.315 e. The fourth-order valence-corrected chi connectivity index (χ4v) is 4.33. The Morgan fingerprint density at radius 3 is 2.85 bits per heavy atom. The molecule has 0 radical (unpaired) electrons. The Bertz CT molecular complexity index is 661. The maximum Gasteiger partial charge on any atom is 0.241 e. The van der Waals surface area contributed by atoms with Crippen molar-refractivity contribution in [2.24, 2.45) is 7.05 Å². The van der Waals surface area contributed by atoms with Crippen molar-refractivity contribution in [2.75, 3.05) is 13.6 Å². The van der Waals surface area contributed by atoms with Crippen molar-refractivity contribution < 1.29 is 8.42 Å². The van der Waals surface area contributed by atoms with Gasteiger partial charge in [-0.2, -0.15) is 5.10 Å². The highest BCUT2D eigenvalue weighted by Crippen LogP contribution is 2.21. The van der Waals surface area contributed by atoms with Gasteiger partial charge in [-0.3, -0.25) is 4.68 Å². The van der Waals surface area contributed by atoms with E-state index in [9.17, 15) is 8.42 Å². The second-order valence-corrected chi connectivity index (χ2v) is 7.10. The topological polar surface area (TPSA) is 76.0 Å². The minimum atomic E-state index is -3.45. The van der Waals surface area contributed by atoms with Gasteiger partial charge in [0.05, 0.1) is 10.6 Å². The normalized spacial score (nSPS) is 11.9. The van der Waals surface area contributed by atoms with Crippen LogP contribution in [-0.2, 0) is 30.0 Å². The summed E-state index contributed by atoms with van der Waals surface area (Å²) < 4.78 is 28.8. The molecule has 0 aliphatic carbocycles.